The number of anilines is 1. The van der Waals surface area contributed by atoms with E-state index in [0.29, 0.717) is 18.7 Å². The van der Waals surface area contributed by atoms with Crippen LogP contribution in [0, 0.1) is 0 Å². The van der Waals surface area contributed by atoms with E-state index in [1.807, 2.05) is 24.3 Å². The van der Waals surface area contributed by atoms with Crippen molar-refractivity contribution in [3.8, 4) is 0 Å². The minimum atomic E-state index is -0.622. The molecule has 3 aromatic rings. The average Bonchev–Trinajstić information content (AvgIpc) is 3.22. The summed E-state index contributed by atoms with van der Waals surface area (Å²) >= 11 is 0. The van der Waals surface area contributed by atoms with Crippen LogP contribution in [-0.4, -0.2) is 27.7 Å². The second-order valence-electron chi connectivity index (χ2n) is 6.13. The Morgan fingerprint density at radius 2 is 1.92 bits per heavy atom. The molecule has 0 bridgehead atoms. The van der Waals surface area contributed by atoms with Crippen molar-refractivity contribution >= 4 is 17.5 Å². The zero-order chi connectivity index (χ0) is 17.9. The molecule has 1 N–H and O–H groups in total. The van der Waals surface area contributed by atoms with Crippen molar-refractivity contribution in [2.24, 2.45) is 0 Å². The molecule has 2 amide bonds. The molecular weight excluding hydrogens is 330 g/mol. The van der Waals surface area contributed by atoms with Gasteiger partial charge in [0.05, 0.1) is 18.1 Å². The predicted octanol–water partition coefficient (Wildman–Crippen LogP) is 2.88. The normalized spacial score (nSPS) is 16.0. The topological polar surface area (TPSA) is 75.4 Å². The van der Waals surface area contributed by atoms with E-state index >= 15 is 0 Å². The Kier molecular flexibility index (Phi) is 4.23. The maximum absolute atomic E-state index is 12.9. The van der Waals surface area contributed by atoms with Gasteiger partial charge in [0.15, 0.2) is 5.76 Å². The van der Waals surface area contributed by atoms with Crippen LogP contribution in [0.3, 0.4) is 0 Å². The second-order valence-corrected chi connectivity index (χ2v) is 6.13. The number of nitrogens with one attached hydrogen (secondary N) is 1. The molecular formula is C20H17N3O3. The SMILES string of the molecule is O=C(Nc1cccnc1)C1Cc2ccccc2CN1C(=O)c1ccco1. The summed E-state index contributed by atoms with van der Waals surface area (Å²) in [5.41, 5.74) is 2.71. The van der Waals surface area contributed by atoms with Crippen LogP contribution in [0.1, 0.15) is 21.7 Å². The van der Waals surface area contributed by atoms with Crippen molar-refractivity contribution in [2.45, 2.75) is 19.0 Å². The van der Waals surface area contributed by atoms with Crippen LogP contribution in [-0.2, 0) is 17.8 Å². The number of carbonyl (C=O) groups is 2. The summed E-state index contributed by atoms with van der Waals surface area (Å²) in [5, 5.41) is 2.85. The highest BCUT2D eigenvalue weighted by molar-refractivity contribution is 6.00. The zero-order valence-electron chi connectivity index (χ0n) is 14.0. The number of hydrogen-bond acceptors (Lipinski definition) is 4. The molecule has 0 saturated heterocycles. The quantitative estimate of drug-likeness (QED) is 0.790. The first-order valence-electron chi connectivity index (χ1n) is 8.34. The first kappa shape index (κ1) is 16.1. The van der Waals surface area contributed by atoms with Gasteiger partial charge in [-0.05, 0) is 35.4 Å². The van der Waals surface area contributed by atoms with Crippen LogP contribution in [0.4, 0.5) is 5.69 Å². The number of carbonyl (C=O) groups excluding carboxylic acids is 2. The molecule has 0 aliphatic carbocycles. The van der Waals surface area contributed by atoms with E-state index in [1.54, 1.807) is 41.6 Å². The Bertz CT molecular complexity index is 922. The largest absolute Gasteiger partial charge is 0.459 e. The molecule has 1 unspecified atom stereocenters. The van der Waals surface area contributed by atoms with E-state index in [0.717, 1.165) is 11.1 Å². The highest BCUT2D eigenvalue weighted by Gasteiger charge is 2.35. The number of fused-ring (bicyclic) bond motifs is 1. The summed E-state index contributed by atoms with van der Waals surface area (Å²) < 4.78 is 5.25. The van der Waals surface area contributed by atoms with Gasteiger partial charge in [-0.1, -0.05) is 24.3 Å². The molecule has 1 aliphatic rings. The van der Waals surface area contributed by atoms with E-state index in [9.17, 15) is 9.59 Å². The Hall–Kier alpha value is -3.41. The average molecular weight is 347 g/mol. The summed E-state index contributed by atoms with van der Waals surface area (Å²) in [6.45, 7) is 0.362. The van der Waals surface area contributed by atoms with Crippen molar-refractivity contribution in [3.05, 3.63) is 84.1 Å². The predicted molar refractivity (Wildman–Crippen MR) is 95.4 cm³/mol. The molecule has 0 radical (unpaired) electrons. The Morgan fingerprint density at radius 3 is 2.65 bits per heavy atom. The first-order chi connectivity index (χ1) is 12.7. The van der Waals surface area contributed by atoms with Gasteiger partial charge in [0, 0.05) is 19.2 Å². The van der Waals surface area contributed by atoms with Crippen LogP contribution in [0.25, 0.3) is 0 Å². The lowest BCUT2D eigenvalue weighted by Crippen LogP contribution is -2.50. The molecule has 1 atom stereocenters. The minimum absolute atomic E-state index is 0.226. The summed E-state index contributed by atoms with van der Waals surface area (Å²) in [5.74, 6) is -0.313. The molecule has 0 spiro atoms. The van der Waals surface area contributed by atoms with Gasteiger partial charge in [0.25, 0.3) is 5.91 Å². The highest BCUT2D eigenvalue weighted by atomic mass is 16.3. The van der Waals surface area contributed by atoms with Gasteiger partial charge in [-0.2, -0.15) is 0 Å². The number of pyridine rings is 1. The number of rotatable bonds is 3. The Morgan fingerprint density at radius 1 is 1.08 bits per heavy atom. The third kappa shape index (κ3) is 3.09. The highest BCUT2D eigenvalue weighted by Crippen LogP contribution is 2.26. The molecule has 4 rings (SSSR count). The smallest absolute Gasteiger partial charge is 0.290 e. The zero-order valence-corrected chi connectivity index (χ0v) is 14.0. The maximum Gasteiger partial charge on any atom is 0.290 e. The van der Waals surface area contributed by atoms with Crippen LogP contribution < -0.4 is 5.32 Å². The maximum atomic E-state index is 12.9. The lowest BCUT2D eigenvalue weighted by Gasteiger charge is -2.35. The molecule has 6 nitrogen and oxygen atoms in total. The number of benzene rings is 1. The van der Waals surface area contributed by atoms with Gasteiger partial charge in [-0.15, -0.1) is 0 Å². The third-order valence-electron chi connectivity index (χ3n) is 4.47. The summed E-state index contributed by atoms with van der Waals surface area (Å²) in [6, 6.07) is 14.0. The Labute approximate surface area is 150 Å². The van der Waals surface area contributed by atoms with E-state index in [-0.39, 0.29) is 17.6 Å². The van der Waals surface area contributed by atoms with E-state index in [4.69, 9.17) is 4.42 Å². The number of nitrogens with zero attached hydrogens (tertiary/aromatic N) is 2. The van der Waals surface area contributed by atoms with Crippen LogP contribution >= 0.6 is 0 Å². The first-order valence-corrected chi connectivity index (χ1v) is 8.34. The van der Waals surface area contributed by atoms with E-state index in [2.05, 4.69) is 10.3 Å². The summed E-state index contributed by atoms with van der Waals surface area (Å²) in [6.07, 6.45) is 5.12. The van der Waals surface area contributed by atoms with Crippen molar-refractivity contribution in [3.63, 3.8) is 0 Å². The van der Waals surface area contributed by atoms with Crippen molar-refractivity contribution in [1.82, 2.24) is 9.88 Å². The number of hydrogen-bond donors (Lipinski definition) is 1. The molecule has 0 fully saturated rings. The fourth-order valence-electron chi connectivity index (χ4n) is 3.17. The van der Waals surface area contributed by atoms with Gasteiger partial charge in [0.2, 0.25) is 5.91 Å². The summed E-state index contributed by atoms with van der Waals surface area (Å²) in [4.78, 5) is 31.3. The number of aromatic nitrogens is 1. The molecule has 130 valence electrons. The minimum Gasteiger partial charge on any atom is -0.459 e. The standard InChI is InChI=1S/C20H17N3O3/c24-19(22-16-7-3-9-21-12-16)17-11-14-5-1-2-6-15(14)13-23(17)20(25)18-8-4-10-26-18/h1-10,12,17H,11,13H2,(H,22,24). The van der Waals surface area contributed by atoms with E-state index in [1.165, 1.54) is 6.26 Å². The second kappa shape index (κ2) is 6.84. The van der Waals surface area contributed by atoms with Gasteiger partial charge in [-0.3, -0.25) is 14.6 Å². The van der Waals surface area contributed by atoms with Gasteiger partial charge in [-0.25, -0.2) is 0 Å². The fourth-order valence-corrected chi connectivity index (χ4v) is 3.17. The van der Waals surface area contributed by atoms with Crippen molar-refractivity contribution in [1.29, 1.82) is 0 Å². The van der Waals surface area contributed by atoms with Crippen molar-refractivity contribution < 1.29 is 14.0 Å². The van der Waals surface area contributed by atoms with Gasteiger partial charge in [0.1, 0.15) is 6.04 Å². The number of furan rings is 1. The lowest BCUT2D eigenvalue weighted by molar-refractivity contribution is -0.121. The number of amides is 2. The molecule has 26 heavy (non-hydrogen) atoms. The third-order valence-corrected chi connectivity index (χ3v) is 4.47. The van der Waals surface area contributed by atoms with E-state index < -0.39 is 6.04 Å². The molecule has 1 aromatic carbocycles. The molecule has 2 aromatic heterocycles. The van der Waals surface area contributed by atoms with Gasteiger partial charge >= 0.3 is 0 Å². The lowest BCUT2D eigenvalue weighted by atomic mass is 9.93. The molecule has 0 saturated carbocycles. The van der Waals surface area contributed by atoms with Crippen LogP contribution in [0.2, 0.25) is 0 Å². The van der Waals surface area contributed by atoms with Crippen molar-refractivity contribution in [2.75, 3.05) is 5.32 Å². The van der Waals surface area contributed by atoms with Gasteiger partial charge < -0.3 is 14.6 Å². The fraction of sp³-hybridized carbons (Fsp3) is 0.150. The Balaban J connectivity index is 1.64. The monoisotopic (exact) mass is 347 g/mol. The summed E-state index contributed by atoms with van der Waals surface area (Å²) in [7, 11) is 0. The van der Waals surface area contributed by atoms with Crippen LogP contribution in [0.5, 0.6) is 0 Å². The molecule has 3 heterocycles. The molecule has 6 heteroatoms. The molecule has 1 aliphatic heterocycles. The van der Waals surface area contributed by atoms with Crippen LogP contribution in [0.15, 0.2) is 71.6 Å².